The second-order valence-corrected chi connectivity index (χ2v) is 6.82. The van der Waals surface area contributed by atoms with Crippen molar-refractivity contribution in [2.45, 2.75) is 32.0 Å². The molecule has 2 rings (SSSR count). The van der Waals surface area contributed by atoms with Crippen molar-refractivity contribution in [3.05, 3.63) is 71.8 Å². The van der Waals surface area contributed by atoms with Gasteiger partial charge in [-0.05, 0) is 43.0 Å². The molecule has 156 valence electrons. The summed E-state index contributed by atoms with van der Waals surface area (Å²) in [5.41, 5.74) is 0.872. The summed E-state index contributed by atoms with van der Waals surface area (Å²) < 4.78 is 16.7. The quantitative estimate of drug-likeness (QED) is 0.582. The molecule has 2 aromatic rings. The van der Waals surface area contributed by atoms with Crippen LogP contribution in [0.3, 0.4) is 0 Å². The number of carbonyl (C=O) groups excluding carboxylic acids is 2. The van der Waals surface area contributed by atoms with Gasteiger partial charge in [-0.1, -0.05) is 43.3 Å². The van der Waals surface area contributed by atoms with Crippen LogP contribution >= 0.6 is 0 Å². The van der Waals surface area contributed by atoms with Crippen LogP contribution < -0.4 is 0 Å². The van der Waals surface area contributed by atoms with Gasteiger partial charge >= 0.3 is 11.9 Å². The molecule has 1 N–H and O–H groups in total. The molecule has 0 aliphatic heterocycles. The highest BCUT2D eigenvalue weighted by Gasteiger charge is 2.32. The first-order valence-electron chi connectivity index (χ1n) is 9.68. The van der Waals surface area contributed by atoms with E-state index in [0.717, 1.165) is 0 Å². The Kier molecular flexibility index (Phi) is 9.34. The fourth-order valence-electron chi connectivity index (χ4n) is 3.01. The number of hydrogen-bond acceptors (Lipinski definition) is 6. The summed E-state index contributed by atoms with van der Waals surface area (Å²) in [6, 6.07) is 17.4. The van der Waals surface area contributed by atoms with Crippen LogP contribution in [0, 0.1) is 5.92 Å². The molecule has 0 aliphatic carbocycles. The average Bonchev–Trinajstić information content (AvgIpc) is 2.77. The number of carbonyl (C=O) groups is 2. The maximum Gasteiger partial charge on any atom is 0.338 e. The molecule has 2 aromatic carbocycles. The second-order valence-electron chi connectivity index (χ2n) is 6.82. The fraction of sp³-hybridized carbons (Fsp3) is 0.391. The molecule has 6 heteroatoms. The van der Waals surface area contributed by atoms with Gasteiger partial charge in [-0.2, -0.15) is 0 Å². The number of benzene rings is 2. The normalized spacial score (nSPS) is 13.9. The van der Waals surface area contributed by atoms with Gasteiger partial charge in [0.15, 0.2) is 0 Å². The molecule has 6 nitrogen and oxygen atoms in total. The predicted molar refractivity (Wildman–Crippen MR) is 109 cm³/mol. The largest absolute Gasteiger partial charge is 0.459 e. The van der Waals surface area contributed by atoms with Gasteiger partial charge in [0.25, 0.3) is 0 Å². The van der Waals surface area contributed by atoms with Gasteiger partial charge in [0, 0.05) is 13.7 Å². The van der Waals surface area contributed by atoms with E-state index in [-0.39, 0.29) is 19.1 Å². The summed E-state index contributed by atoms with van der Waals surface area (Å²) in [6.07, 6.45) is -0.0666. The van der Waals surface area contributed by atoms with Crippen LogP contribution in [-0.2, 0) is 14.2 Å². The molecule has 0 saturated carbocycles. The third-order valence-corrected chi connectivity index (χ3v) is 4.69. The number of ether oxygens (including phenoxy) is 3. The van der Waals surface area contributed by atoms with Crippen molar-refractivity contribution in [2.24, 2.45) is 5.92 Å². The van der Waals surface area contributed by atoms with Gasteiger partial charge < -0.3 is 19.3 Å². The lowest BCUT2D eigenvalue weighted by Crippen LogP contribution is -2.41. The van der Waals surface area contributed by atoms with Crippen molar-refractivity contribution >= 4 is 11.9 Å². The van der Waals surface area contributed by atoms with E-state index in [4.69, 9.17) is 19.3 Å². The van der Waals surface area contributed by atoms with Crippen LogP contribution in [-0.4, -0.2) is 49.6 Å². The SMILES string of the molecule is CO[C@H](COC(=O)c1ccccc1)[C@@H](OC(=O)c1ccccc1)[C@H](C)CCCO. The molecule has 0 saturated heterocycles. The molecule has 0 radical (unpaired) electrons. The molecule has 0 aromatic heterocycles. The zero-order valence-electron chi connectivity index (χ0n) is 16.8. The van der Waals surface area contributed by atoms with E-state index in [9.17, 15) is 9.59 Å². The fourth-order valence-corrected chi connectivity index (χ4v) is 3.01. The van der Waals surface area contributed by atoms with Crippen LogP contribution in [0.5, 0.6) is 0 Å². The van der Waals surface area contributed by atoms with Crippen LogP contribution in [0.2, 0.25) is 0 Å². The smallest absolute Gasteiger partial charge is 0.338 e. The van der Waals surface area contributed by atoms with Crippen molar-refractivity contribution in [1.29, 1.82) is 0 Å². The molecule has 0 aliphatic rings. The average molecular weight is 400 g/mol. The second kappa shape index (κ2) is 12.0. The van der Waals surface area contributed by atoms with E-state index >= 15 is 0 Å². The summed E-state index contributed by atoms with van der Waals surface area (Å²) in [5, 5.41) is 9.15. The Morgan fingerprint density at radius 1 is 0.931 bits per heavy atom. The van der Waals surface area contributed by atoms with Crippen LogP contribution in [0.15, 0.2) is 60.7 Å². The molecule has 0 heterocycles. The molecule has 0 bridgehead atoms. The van der Waals surface area contributed by atoms with E-state index in [0.29, 0.717) is 24.0 Å². The maximum atomic E-state index is 12.6. The highest BCUT2D eigenvalue weighted by molar-refractivity contribution is 5.90. The Morgan fingerprint density at radius 2 is 1.48 bits per heavy atom. The highest BCUT2D eigenvalue weighted by Crippen LogP contribution is 2.21. The van der Waals surface area contributed by atoms with Crippen molar-refractivity contribution in [3.8, 4) is 0 Å². The Hall–Kier alpha value is -2.70. The number of aliphatic hydroxyl groups excluding tert-OH is 1. The highest BCUT2D eigenvalue weighted by atomic mass is 16.6. The van der Waals surface area contributed by atoms with Crippen molar-refractivity contribution < 1.29 is 28.9 Å². The zero-order chi connectivity index (χ0) is 21.1. The van der Waals surface area contributed by atoms with E-state index < -0.39 is 24.1 Å². The van der Waals surface area contributed by atoms with E-state index in [2.05, 4.69) is 0 Å². The summed E-state index contributed by atoms with van der Waals surface area (Å²) in [5.74, 6) is -1.04. The lowest BCUT2D eigenvalue weighted by Gasteiger charge is -2.30. The first kappa shape index (κ1) is 22.6. The number of rotatable bonds is 11. The van der Waals surface area contributed by atoms with Gasteiger partial charge in [0.05, 0.1) is 11.1 Å². The molecular formula is C23H28O6. The number of esters is 2. The predicted octanol–water partition coefficient (Wildman–Crippen LogP) is 3.49. The Labute approximate surface area is 171 Å². The third kappa shape index (κ3) is 7.00. The monoisotopic (exact) mass is 400 g/mol. The lowest BCUT2D eigenvalue weighted by molar-refractivity contribution is -0.0800. The molecule has 0 unspecified atom stereocenters. The van der Waals surface area contributed by atoms with Crippen molar-refractivity contribution in [3.63, 3.8) is 0 Å². The molecule has 3 atom stereocenters. The van der Waals surface area contributed by atoms with E-state index in [1.165, 1.54) is 7.11 Å². The first-order chi connectivity index (χ1) is 14.1. The Bertz CT molecular complexity index is 746. The van der Waals surface area contributed by atoms with E-state index in [1.807, 2.05) is 19.1 Å². The summed E-state index contributed by atoms with van der Waals surface area (Å²) in [4.78, 5) is 24.8. The maximum absolute atomic E-state index is 12.6. The molecular weight excluding hydrogens is 372 g/mol. The lowest BCUT2D eigenvalue weighted by atomic mass is 9.94. The van der Waals surface area contributed by atoms with Gasteiger partial charge in [-0.15, -0.1) is 0 Å². The van der Waals surface area contributed by atoms with Crippen LogP contribution in [0.25, 0.3) is 0 Å². The minimum absolute atomic E-state index is 0.0460. The minimum Gasteiger partial charge on any atom is -0.459 e. The van der Waals surface area contributed by atoms with Gasteiger partial charge in [0.2, 0.25) is 0 Å². The summed E-state index contributed by atoms with van der Waals surface area (Å²) in [7, 11) is 1.49. The minimum atomic E-state index is -0.636. The van der Waals surface area contributed by atoms with Gasteiger partial charge in [-0.25, -0.2) is 9.59 Å². The van der Waals surface area contributed by atoms with Crippen LogP contribution in [0.1, 0.15) is 40.5 Å². The van der Waals surface area contributed by atoms with E-state index in [1.54, 1.807) is 48.5 Å². The molecule has 29 heavy (non-hydrogen) atoms. The topological polar surface area (TPSA) is 82.1 Å². The van der Waals surface area contributed by atoms with Crippen molar-refractivity contribution in [2.75, 3.05) is 20.3 Å². The van der Waals surface area contributed by atoms with Gasteiger partial charge in [-0.3, -0.25) is 0 Å². The molecule has 0 spiro atoms. The number of methoxy groups -OCH3 is 1. The molecule has 0 fully saturated rings. The zero-order valence-corrected chi connectivity index (χ0v) is 16.8. The summed E-state index contributed by atoms with van der Waals surface area (Å²) >= 11 is 0. The third-order valence-electron chi connectivity index (χ3n) is 4.69. The Balaban J connectivity index is 2.09. The van der Waals surface area contributed by atoms with Gasteiger partial charge in [0.1, 0.15) is 18.8 Å². The first-order valence-corrected chi connectivity index (χ1v) is 9.68. The van der Waals surface area contributed by atoms with Crippen LogP contribution in [0.4, 0.5) is 0 Å². The number of aliphatic hydroxyl groups is 1. The Morgan fingerprint density at radius 3 is 2.00 bits per heavy atom. The molecule has 0 amide bonds. The van der Waals surface area contributed by atoms with Crippen molar-refractivity contribution in [1.82, 2.24) is 0 Å². The standard InChI is InChI=1S/C23H28O6/c1-17(10-9-15-24)21(29-23(26)19-13-7-4-8-14-19)20(27-2)16-28-22(25)18-11-5-3-6-12-18/h3-8,11-14,17,20-21,24H,9-10,15-16H2,1-2H3/t17-,20-,21+/m1/s1. The number of hydrogen-bond donors (Lipinski definition) is 1. The summed E-state index contributed by atoms with van der Waals surface area (Å²) in [6.45, 7) is 1.91.